The van der Waals surface area contributed by atoms with Crippen molar-refractivity contribution in [3.05, 3.63) is 28.7 Å². The van der Waals surface area contributed by atoms with Crippen molar-refractivity contribution in [2.24, 2.45) is 0 Å². The van der Waals surface area contributed by atoms with Gasteiger partial charge in [-0.25, -0.2) is 13.2 Å². The van der Waals surface area contributed by atoms with Crippen LogP contribution in [0.2, 0.25) is 0 Å². The molecule has 1 aromatic heterocycles. The topological polar surface area (TPSA) is 110 Å². The molecule has 1 rings (SSSR count). The van der Waals surface area contributed by atoms with Gasteiger partial charge in [-0.2, -0.15) is 0 Å². The van der Waals surface area contributed by atoms with E-state index in [0.717, 1.165) is 11.3 Å². The van der Waals surface area contributed by atoms with Crippen LogP contribution in [0.5, 0.6) is 0 Å². The van der Waals surface area contributed by atoms with Crippen LogP contribution in [0.4, 0.5) is 5.00 Å². The Kier molecular flexibility index (Phi) is 9.03. The van der Waals surface area contributed by atoms with Crippen molar-refractivity contribution in [3.8, 4) is 0 Å². The van der Waals surface area contributed by atoms with E-state index in [1.165, 1.54) is 13.0 Å². The summed E-state index contributed by atoms with van der Waals surface area (Å²) in [6, 6.07) is 0. The first kappa shape index (κ1) is 24.8. The number of sulfone groups is 1. The molecular formula is C19H28N2O6S2. The zero-order valence-electron chi connectivity index (χ0n) is 17.4. The smallest absolute Gasteiger partial charge is 0.341 e. The van der Waals surface area contributed by atoms with Crippen molar-refractivity contribution in [2.75, 3.05) is 30.8 Å². The lowest BCUT2D eigenvalue weighted by Gasteiger charge is -2.18. The van der Waals surface area contributed by atoms with Crippen LogP contribution >= 0.6 is 11.3 Å². The van der Waals surface area contributed by atoms with Crippen LogP contribution in [0, 0.1) is 6.92 Å². The summed E-state index contributed by atoms with van der Waals surface area (Å²) in [6.07, 6.45) is 1.21. The van der Waals surface area contributed by atoms with Gasteiger partial charge in [0.05, 0.1) is 22.8 Å². The van der Waals surface area contributed by atoms with E-state index in [2.05, 4.69) is 11.9 Å². The summed E-state index contributed by atoms with van der Waals surface area (Å²) in [4.78, 5) is 39.7. The van der Waals surface area contributed by atoms with Crippen LogP contribution in [0.15, 0.2) is 12.7 Å². The Morgan fingerprint density at radius 1 is 1.24 bits per heavy atom. The molecule has 2 amide bonds. The largest absolute Gasteiger partial charge is 0.462 e. The Morgan fingerprint density at radius 2 is 1.83 bits per heavy atom. The number of esters is 1. The summed E-state index contributed by atoms with van der Waals surface area (Å²) in [5, 5.41) is 1.25. The predicted octanol–water partition coefficient (Wildman–Crippen LogP) is 2.64. The number of hydrogen-bond acceptors (Lipinski definition) is 7. The number of nitrogens with one attached hydrogen (secondary N) is 1. The number of amides is 2. The van der Waals surface area contributed by atoms with Gasteiger partial charge >= 0.3 is 5.97 Å². The van der Waals surface area contributed by atoms with Gasteiger partial charge in [0.1, 0.15) is 10.3 Å². The van der Waals surface area contributed by atoms with Crippen LogP contribution in [-0.4, -0.2) is 61.8 Å². The van der Waals surface area contributed by atoms with Crippen LogP contribution in [-0.2, 0) is 19.4 Å². The number of ether oxygens (including phenoxy) is 1. The quantitative estimate of drug-likeness (QED) is 0.439. The average molecular weight is 445 g/mol. The van der Waals surface area contributed by atoms with E-state index < -0.39 is 27.0 Å². The van der Waals surface area contributed by atoms with Crippen LogP contribution in [0.3, 0.4) is 0 Å². The number of rotatable bonds is 10. The first-order chi connectivity index (χ1) is 13.5. The fraction of sp³-hybridized carbons (Fsp3) is 0.526. The molecule has 1 aromatic rings. The lowest BCUT2D eigenvalue weighted by atomic mass is 10.1. The maximum atomic E-state index is 12.8. The fourth-order valence-corrected chi connectivity index (χ4v) is 4.76. The molecule has 0 aliphatic rings. The molecule has 29 heavy (non-hydrogen) atoms. The molecule has 0 aliphatic carbocycles. The summed E-state index contributed by atoms with van der Waals surface area (Å²) in [5.41, 5.74) is 0.455. The monoisotopic (exact) mass is 444 g/mol. The molecule has 0 aromatic carbocycles. The Hall–Kier alpha value is -2.20. The van der Waals surface area contributed by atoms with E-state index in [0.29, 0.717) is 23.5 Å². The van der Waals surface area contributed by atoms with Crippen LogP contribution < -0.4 is 5.32 Å². The minimum Gasteiger partial charge on any atom is -0.462 e. The van der Waals surface area contributed by atoms with E-state index in [9.17, 15) is 22.8 Å². The van der Waals surface area contributed by atoms with Gasteiger partial charge in [0, 0.05) is 13.1 Å². The second-order valence-electron chi connectivity index (χ2n) is 6.21. The molecule has 0 spiro atoms. The maximum absolute atomic E-state index is 12.8. The minimum absolute atomic E-state index is 0.0639. The lowest BCUT2D eigenvalue weighted by molar-refractivity contribution is -0.115. The van der Waals surface area contributed by atoms with Gasteiger partial charge < -0.3 is 15.0 Å². The lowest BCUT2D eigenvalue weighted by Crippen LogP contribution is -2.34. The molecule has 1 heterocycles. The van der Waals surface area contributed by atoms with E-state index >= 15 is 0 Å². The highest BCUT2D eigenvalue weighted by atomic mass is 32.2. The standard InChI is InChI=1S/C19H28N2O6S2/c1-7-11-29(25,26)13(6)16(22)20-17-14(19(24)27-10-4)12(5)15(28-17)18(23)21(8-2)9-3/h7,13H,1,8-11H2,2-6H3,(H,20,22). The van der Waals surface area contributed by atoms with Crippen molar-refractivity contribution in [1.29, 1.82) is 0 Å². The number of carbonyl (C=O) groups excluding carboxylic acids is 3. The van der Waals surface area contributed by atoms with Crippen molar-refractivity contribution in [3.63, 3.8) is 0 Å². The number of thiophene rings is 1. The molecular weight excluding hydrogens is 416 g/mol. The average Bonchev–Trinajstić information content (AvgIpc) is 2.97. The van der Waals surface area contributed by atoms with E-state index in [-0.39, 0.29) is 28.8 Å². The summed E-state index contributed by atoms with van der Waals surface area (Å²) < 4.78 is 29.4. The van der Waals surface area contributed by atoms with Gasteiger partial charge in [0.25, 0.3) is 5.91 Å². The molecule has 1 atom stereocenters. The highest BCUT2D eigenvalue weighted by Crippen LogP contribution is 2.35. The second kappa shape index (κ2) is 10.5. The van der Waals surface area contributed by atoms with Crippen molar-refractivity contribution >= 4 is 44.0 Å². The predicted molar refractivity (Wildman–Crippen MR) is 114 cm³/mol. The Morgan fingerprint density at radius 3 is 2.31 bits per heavy atom. The van der Waals surface area contributed by atoms with Crippen molar-refractivity contribution in [2.45, 2.75) is 39.9 Å². The molecule has 0 bridgehead atoms. The SMILES string of the molecule is C=CCS(=O)(=O)C(C)C(=O)Nc1sc(C(=O)N(CC)CC)c(C)c1C(=O)OCC. The zero-order chi connectivity index (χ0) is 22.4. The Labute approximate surface area is 175 Å². The van der Waals surface area contributed by atoms with Gasteiger partial charge in [0.2, 0.25) is 5.91 Å². The molecule has 0 aliphatic heterocycles. The van der Waals surface area contributed by atoms with Gasteiger partial charge in [-0.05, 0) is 40.2 Å². The summed E-state index contributed by atoms with van der Waals surface area (Å²) in [6.45, 7) is 12.7. The number of hydrogen-bond donors (Lipinski definition) is 1. The van der Waals surface area contributed by atoms with E-state index in [4.69, 9.17) is 4.74 Å². The summed E-state index contributed by atoms with van der Waals surface area (Å²) >= 11 is 0.938. The molecule has 1 N–H and O–H groups in total. The van der Waals surface area contributed by atoms with Gasteiger partial charge in [-0.3, -0.25) is 9.59 Å². The van der Waals surface area contributed by atoms with Gasteiger partial charge in [-0.1, -0.05) is 6.08 Å². The van der Waals surface area contributed by atoms with E-state index in [1.54, 1.807) is 18.7 Å². The molecule has 0 saturated carbocycles. The molecule has 0 radical (unpaired) electrons. The highest BCUT2D eigenvalue weighted by molar-refractivity contribution is 7.92. The molecule has 0 saturated heterocycles. The van der Waals surface area contributed by atoms with E-state index in [1.807, 2.05) is 13.8 Å². The molecule has 10 heteroatoms. The van der Waals surface area contributed by atoms with Crippen molar-refractivity contribution in [1.82, 2.24) is 4.90 Å². The first-order valence-corrected chi connectivity index (χ1v) is 11.8. The summed E-state index contributed by atoms with van der Waals surface area (Å²) in [5.74, 6) is -2.09. The molecule has 162 valence electrons. The third-order valence-electron chi connectivity index (χ3n) is 4.37. The van der Waals surface area contributed by atoms with Crippen molar-refractivity contribution < 1.29 is 27.5 Å². The maximum Gasteiger partial charge on any atom is 0.341 e. The Bertz CT molecular complexity index is 885. The van der Waals surface area contributed by atoms with Crippen LogP contribution in [0.1, 0.15) is 53.3 Å². The third-order valence-corrected chi connectivity index (χ3v) is 7.55. The third kappa shape index (κ3) is 5.66. The number of carbonyl (C=O) groups is 3. The Balaban J connectivity index is 3.39. The number of nitrogens with zero attached hydrogens (tertiary/aromatic N) is 1. The second-order valence-corrected chi connectivity index (χ2v) is 9.59. The molecule has 8 nitrogen and oxygen atoms in total. The van der Waals surface area contributed by atoms with Gasteiger partial charge in [0.15, 0.2) is 9.84 Å². The normalized spacial score (nSPS) is 12.2. The van der Waals surface area contributed by atoms with Crippen LogP contribution in [0.25, 0.3) is 0 Å². The molecule has 0 fully saturated rings. The highest BCUT2D eigenvalue weighted by Gasteiger charge is 2.31. The molecule has 1 unspecified atom stereocenters. The number of anilines is 1. The zero-order valence-corrected chi connectivity index (χ0v) is 19.0. The first-order valence-electron chi connectivity index (χ1n) is 9.28. The van der Waals surface area contributed by atoms with Gasteiger partial charge in [-0.15, -0.1) is 17.9 Å². The minimum atomic E-state index is -3.73. The summed E-state index contributed by atoms with van der Waals surface area (Å²) in [7, 11) is -3.73. The fourth-order valence-electron chi connectivity index (χ4n) is 2.59.